The van der Waals surface area contributed by atoms with E-state index in [1.165, 1.54) is 11.0 Å². The fraction of sp³-hybridized carbons (Fsp3) is 0.348. The number of anilines is 1. The average molecular weight is 460 g/mol. The van der Waals surface area contributed by atoms with Gasteiger partial charge in [0, 0.05) is 45.0 Å². The number of amides is 3. The van der Waals surface area contributed by atoms with Crippen LogP contribution in [0, 0.1) is 11.6 Å². The molecule has 2 N–H and O–H groups in total. The maximum Gasteiger partial charge on any atom is 0.313 e. The first-order chi connectivity index (χ1) is 15.9. The van der Waals surface area contributed by atoms with Gasteiger partial charge in [-0.25, -0.2) is 8.78 Å². The van der Waals surface area contributed by atoms with Crippen molar-refractivity contribution in [3.63, 3.8) is 0 Å². The zero-order chi connectivity index (χ0) is 23.8. The van der Waals surface area contributed by atoms with Gasteiger partial charge in [0.1, 0.15) is 22.9 Å². The molecule has 0 spiro atoms. The van der Waals surface area contributed by atoms with Crippen molar-refractivity contribution in [2.24, 2.45) is 0 Å². The van der Waals surface area contributed by atoms with Crippen LogP contribution in [0.4, 0.5) is 14.5 Å². The minimum atomic E-state index is -0.881. The maximum atomic E-state index is 13.9. The van der Waals surface area contributed by atoms with Crippen molar-refractivity contribution in [1.82, 2.24) is 15.1 Å². The molecule has 1 heterocycles. The Bertz CT molecular complexity index is 972. The molecule has 3 rings (SSSR count). The van der Waals surface area contributed by atoms with Crippen LogP contribution in [0.5, 0.6) is 5.75 Å². The van der Waals surface area contributed by atoms with E-state index < -0.39 is 34.9 Å². The number of benzene rings is 2. The highest BCUT2D eigenvalue weighted by Gasteiger charge is 2.26. The largest absolute Gasteiger partial charge is 0.494 e. The second-order valence-electron chi connectivity index (χ2n) is 7.40. The van der Waals surface area contributed by atoms with Crippen LogP contribution in [0.3, 0.4) is 0 Å². The van der Waals surface area contributed by atoms with Gasteiger partial charge in [-0.15, -0.1) is 0 Å². The van der Waals surface area contributed by atoms with Gasteiger partial charge in [0.15, 0.2) is 0 Å². The molecular formula is C23H26F2N4O4. The van der Waals surface area contributed by atoms with Crippen LogP contribution >= 0.6 is 0 Å². The van der Waals surface area contributed by atoms with Crippen LogP contribution in [0.15, 0.2) is 42.5 Å². The third-order valence-electron chi connectivity index (χ3n) is 5.18. The first-order valence-electron chi connectivity index (χ1n) is 10.7. The third-order valence-corrected chi connectivity index (χ3v) is 5.18. The van der Waals surface area contributed by atoms with Crippen LogP contribution in [-0.4, -0.2) is 73.4 Å². The van der Waals surface area contributed by atoms with Gasteiger partial charge >= 0.3 is 11.8 Å². The minimum Gasteiger partial charge on any atom is -0.494 e. The van der Waals surface area contributed by atoms with Crippen LogP contribution in [0.2, 0.25) is 0 Å². The van der Waals surface area contributed by atoms with Crippen LogP contribution in [0.1, 0.15) is 17.3 Å². The molecule has 33 heavy (non-hydrogen) atoms. The Morgan fingerprint density at radius 3 is 2.18 bits per heavy atom. The molecule has 2 aromatic carbocycles. The smallest absolute Gasteiger partial charge is 0.313 e. The van der Waals surface area contributed by atoms with E-state index in [1.54, 1.807) is 24.3 Å². The summed E-state index contributed by atoms with van der Waals surface area (Å²) in [7, 11) is 0. The molecule has 0 bridgehead atoms. The fourth-order valence-corrected chi connectivity index (χ4v) is 3.43. The number of halogens is 2. The van der Waals surface area contributed by atoms with E-state index >= 15 is 0 Å². The predicted molar refractivity (Wildman–Crippen MR) is 118 cm³/mol. The number of hydrogen-bond donors (Lipinski definition) is 2. The minimum absolute atomic E-state index is 0.241. The van der Waals surface area contributed by atoms with Crippen molar-refractivity contribution >= 4 is 23.4 Å². The first-order valence-corrected chi connectivity index (χ1v) is 10.7. The van der Waals surface area contributed by atoms with Crippen LogP contribution in [0.25, 0.3) is 0 Å². The molecule has 0 unspecified atom stereocenters. The Morgan fingerprint density at radius 1 is 0.939 bits per heavy atom. The maximum absolute atomic E-state index is 13.9. The molecule has 3 amide bonds. The highest BCUT2D eigenvalue weighted by molar-refractivity contribution is 6.39. The van der Waals surface area contributed by atoms with Gasteiger partial charge in [-0.1, -0.05) is 6.07 Å². The molecule has 0 atom stereocenters. The highest BCUT2D eigenvalue weighted by atomic mass is 19.1. The third kappa shape index (κ3) is 6.48. The lowest BCUT2D eigenvalue weighted by molar-refractivity contribution is -0.136. The Kier molecular flexibility index (Phi) is 8.31. The molecule has 10 heteroatoms. The van der Waals surface area contributed by atoms with Gasteiger partial charge in [0.25, 0.3) is 5.91 Å². The summed E-state index contributed by atoms with van der Waals surface area (Å²) in [5.41, 5.74) is -0.0672. The van der Waals surface area contributed by atoms with E-state index in [1.807, 2.05) is 11.8 Å². The summed E-state index contributed by atoms with van der Waals surface area (Å²) < 4.78 is 33.0. The summed E-state index contributed by atoms with van der Waals surface area (Å²) in [6.45, 7) is 4.68. The Morgan fingerprint density at radius 2 is 1.58 bits per heavy atom. The molecule has 1 aliphatic rings. The van der Waals surface area contributed by atoms with Crippen molar-refractivity contribution in [3.8, 4) is 5.75 Å². The lowest BCUT2D eigenvalue weighted by Gasteiger charge is -2.34. The molecule has 176 valence electrons. The lowest BCUT2D eigenvalue weighted by Crippen LogP contribution is -2.51. The molecule has 8 nitrogen and oxygen atoms in total. The second kappa shape index (κ2) is 11.4. The van der Waals surface area contributed by atoms with E-state index in [0.29, 0.717) is 50.8 Å². The van der Waals surface area contributed by atoms with Crippen molar-refractivity contribution in [2.45, 2.75) is 6.92 Å². The molecule has 0 aromatic heterocycles. The Hall–Kier alpha value is -3.53. The number of piperazine rings is 1. The van der Waals surface area contributed by atoms with Gasteiger partial charge < -0.3 is 20.3 Å². The zero-order valence-corrected chi connectivity index (χ0v) is 18.3. The van der Waals surface area contributed by atoms with Gasteiger partial charge in [0.2, 0.25) is 0 Å². The summed E-state index contributed by atoms with van der Waals surface area (Å²) in [5, 5.41) is 5.08. The number of nitrogens with one attached hydrogen (secondary N) is 2. The summed E-state index contributed by atoms with van der Waals surface area (Å²) in [4.78, 5) is 39.9. The summed E-state index contributed by atoms with van der Waals surface area (Å²) in [5.74, 6) is -3.30. The molecule has 2 aromatic rings. The van der Waals surface area contributed by atoms with Gasteiger partial charge in [-0.3, -0.25) is 19.3 Å². The number of hydrogen-bond acceptors (Lipinski definition) is 5. The highest BCUT2D eigenvalue weighted by Crippen LogP contribution is 2.17. The Balaban J connectivity index is 1.38. The van der Waals surface area contributed by atoms with E-state index in [0.717, 1.165) is 12.1 Å². The zero-order valence-electron chi connectivity index (χ0n) is 18.3. The van der Waals surface area contributed by atoms with Crippen molar-refractivity contribution < 1.29 is 27.9 Å². The molecular weight excluding hydrogens is 434 g/mol. The van der Waals surface area contributed by atoms with E-state index in [9.17, 15) is 23.2 Å². The van der Waals surface area contributed by atoms with Crippen molar-refractivity contribution in [2.75, 3.05) is 51.2 Å². The fourth-order valence-electron chi connectivity index (χ4n) is 3.43. The predicted octanol–water partition coefficient (Wildman–Crippen LogP) is 1.88. The lowest BCUT2D eigenvalue weighted by atomic mass is 10.1. The van der Waals surface area contributed by atoms with E-state index in [-0.39, 0.29) is 6.54 Å². The van der Waals surface area contributed by atoms with Crippen molar-refractivity contribution in [3.05, 3.63) is 59.7 Å². The molecule has 0 radical (unpaired) electrons. The van der Waals surface area contributed by atoms with Crippen LogP contribution in [-0.2, 0) is 9.59 Å². The molecule has 1 aliphatic heterocycles. The van der Waals surface area contributed by atoms with Crippen molar-refractivity contribution in [1.29, 1.82) is 0 Å². The first kappa shape index (κ1) is 24.1. The van der Waals surface area contributed by atoms with E-state index in [4.69, 9.17) is 4.74 Å². The summed E-state index contributed by atoms with van der Waals surface area (Å²) in [6, 6.07) is 10.0. The van der Waals surface area contributed by atoms with Gasteiger partial charge in [-0.2, -0.15) is 0 Å². The monoisotopic (exact) mass is 460 g/mol. The quantitative estimate of drug-likeness (QED) is 0.616. The van der Waals surface area contributed by atoms with E-state index in [2.05, 4.69) is 10.6 Å². The molecule has 0 saturated carbocycles. The normalized spacial score (nSPS) is 14.0. The molecule has 1 saturated heterocycles. The SMILES string of the molecule is CCOc1ccc(NC(=O)C(=O)NCCN2CCN(C(=O)c3c(F)cccc3F)CC2)cc1. The number of carbonyl (C=O) groups is 3. The summed E-state index contributed by atoms with van der Waals surface area (Å²) >= 11 is 0. The number of carbonyl (C=O) groups excluding carboxylic acids is 3. The van der Waals surface area contributed by atoms with Gasteiger partial charge in [0.05, 0.1) is 6.61 Å². The Labute approximate surface area is 190 Å². The molecule has 1 fully saturated rings. The average Bonchev–Trinajstić information content (AvgIpc) is 2.80. The number of nitrogens with zero attached hydrogens (tertiary/aromatic N) is 2. The molecule has 0 aliphatic carbocycles. The topological polar surface area (TPSA) is 91.0 Å². The number of ether oxygens (including phenoxy) is 1. The summed E-state index contributed by atoms with van der Waals surface area (Å²) in [6.07, 6.45) is 0. The standard InChI is InChI=1S/C23H26F2N4O4/c1-2-33-17-8-6-16(7-9-17)27-22(31)21(30)26-10-11-28-12-14-29(15-13-28)23(32)20-18(24)4-3-5-19(20)25/h3-9H,2,10-15H2,1H3,(H,26,30)(H,27,31). The second-order valence-corrected chi connectivity index (χ2v) is 7.40. The van der Waals surface area contributed by atoms with Gasteiger partial charge in [-0.05, 0) is 43.3 Å². The number of rotatable bonds is 7. The van der Waals surface area contributed by atoms with Crippen LogP contribution < -0.4 is 15.4 Å².